The Morgan fingerprint density at radius 3 is 2.57 bits per heavy atom. The Labute approximate surface area is 147 Å². The first-order chi connectivity index (χ1) is 11.0. The second-order valence-corrected chi connectivity index (χ2v) is 7.50. The van der Waals surface area contributed by atoms with Gasteiger partial charge in [0, 0.05) is 36.9 Å². The van der Waals surface area contributed by atoms with Gasteiger partial charge in [0.25, 0.3) is 0 Å². The van der Waals surface area contributed by atoms with Gasteiger partial charge in [-0.1, -0.05) is 36.2 Å². The van der Waals surface area contributed by atoms with Crippen molar-refractivity contribution in [2.45, 2.75) is 40.0 Å². The van der Waals surface area contributed by atoms with Crippen molar-refractivity contribution < 1.29 is 0 Å². The summed E-state index contributed by atoms with van der Waals surface area (Å²) in [4.78, 5) is 5.05. The fourth-order valence-corrected chi connectivity index (χ4v) is 3.29. The van der Waals surface area contributed by atoms with Crippen LogP contribution in [-0.2, 0) is 0 Å². The highest BCUT2D eigenvalue weighted by atomic mass is 35.5. The molecular formula is C20H31ClN2. The van der Waals surface area contributed by atoms with Crippen molar-refractivity contribution in [3.05, 3.63) is 40.9 Å². The van der Waals surface area contributed by atoms with E-state index in [1.165, 1.54) is 37.1 Å². The Balaban J connectivity index is 1.67. The Bertz CT molecular complexity index is 500. The molecule has 1 heterocycles. The average Bonchev–Trinajstić information content (AvgIpc) is 2.53. The third-order valence-electron chi connectivity index (χ3n) is 4.70. The van der Waals surface area contributed by atoms with Crippen LogP contribution in [0.15, 0.2) is 35.9 Å². The summed E-state index contributed by atoms with van der Waals surface area (Å²) in [5, 5.41) is 0.829. The molecule has 1 fully saturated rings. The molecule has 1 aliphatic rings. The summed E-state index contributed by atoms with van der Waals surface area (Å²) in [7, 11) is 0. The Morgan fingerprint density at radius 1 is 1.17 bits per heavy atom. The van der Waals surface area contributed by atoms with Gasteiger partial charge in [0.2, 0.25) is 0 Å². The molecule has 0 radical (unpaired) electrons. The van der Waals surface area contributed by atoms with Crippen LogP contribution in [0, 0.1) is 5.92 Å². The number of hydrogen-bond donors (Lipinski definition) is 0. The van der Waals surface area contributed by atoms with Crippen LogP contribution in [0.5, 0.6) is 0 Å². The van der Waals surface area contributed by atoms with E-state index in [0.717, 1.165) is 37.1 Å². The number of piperazine rings is 1. The molecule has 2 rings (SSSR count). The first-order valence-electron chi connectivity index (χ1n) is 8.91. The second-order valence-electron chi connectivity index (χ2n) is 7.06. The largest absolute Gasteiger partial charge is 0.369 e. The highest BCUT2D eigenvalue weighted by molar-refractivity contribution is 6.30. The lowest BCUT2D eigenvalue weighted by molar-refractivity contribution is 0.239. The van der Waals surface area contributed by atoms with E-state index in [1.807, 2.05) is 12.1 Å². The van der Waals surface area contributed by atoms with Crippen molar-refractivity contribution in [3.8, 4) is 0 Å². The molecule has 1 saturated heterocycles. The van der Waals surface area contributed by atoms with Gasteiger partial charge in [-0.3, -0.25) is 4.90 Å². The van der Waals surface area contributed by atoms with Crippen molar-refractivity contribution in [2.75, 3.05) is 37.6 Å². The van der Waals surface area contributed by atoms with Gasteiger partial charge in [-0.15, -0.1) is 0 Å². The Kier molecular flexibility index (Phi) is 7.45. The zero-order chi connectivity index (χ0) is 16.7. The van der Waals surface area contributed by atoms with Gasteiger partial charge in [-0.2, -0.15) is 0 Å². The molecule has 1 aliphatic heterocycles. The molecule has 0 bridgehead atoms. The zero-order valence-electron chi connectivity index (χ0n) is 14.9. The maximum Gasteiger partial charge on any atom is 0.0426 e. The molecule has 23 heavy (non-hydrogen) atoms. The summed E-state index contributed by atoms with van der Waals surface area (Å²) in [5.74, 6) is 0.816. The molecule has 0 N–H and O–H groups in total. The minimum Gasteiger partial charge on any atom is -0.369 e. The Hall–Kier alpha value is -0.990. The van der Waals surface area contributed by atoms with E-state index in [-0.39, 0.29) is 0 Å². The van der Waals surface area contributed by atoms with Gasteiger partial charge >= 0.3 is 0 Å². The monoisotopic (exact) mass is 334 g/mol. The van der Waals surface area contributed by atoms with Crippen LogP contribution in [0.25, 0.3) is 0 Å². The Morgan fingerprint density at radius 2 is 1.91 bits per heavy atom. The predicted octanol–water partition coefficient (Wildman–Crippen LogP) is 5.23. The smallest absolute Gasteiger partial charge is 0.0426 e. The van der Waals surface area contributed by atoms with Gasteiger partial charge < -0.3 is 4.90 Å². The van der Waals surface area contributed by atoms with Gasteiger partial charge in [0.1, 0.15) is 0 Å². The van der Waals surface area contributed by atoms with Gasteiger partial charge in [0.15, 0.2) is 0 Å². The average molecular weight is 335 g/mol. The van der Waals surface area contributed by atoms with Crippen LogP contribution in [0.4, 0.5) is 5.69 Å². The minimum atomic E-state index is 0.816. The van der Waals surface area contributed by atoms with E-state index in [1.54, 1.807) is 0 Å². The van der Waals surface area contributed by atoms with Crippen molar-refractivity contribution in [1.29, 1.82) is 0 Å². The van der Waals surface area contributed by atoms with Crippen LogP contribution in [0.2, 0.25) is 5.02 Å². The van der Waals surface area contributed by atoms with E-state index in [0.29, 0.717) is 0 Å². The summed E-state index contributed by atoms with van der Waals surface area (Å²) >= 11 is 6.10. The van der Waals surface area contributed by atoms with Crippen molar-refractivity contribution in [1.82, 2.24) is 4.90 Å². The number of halogens is 1. The maximum atomic E-state index is 6.10. The number of nitrogens with zero attached hydrogens (tertiary/aromatic N) is 2. The summed E-state index contributed by atoms with van der Waals surface area (Å²) < 4.78 is 0. The fourth-order valence-electron chi connectivity index (χ4n) is 3.11. The molecule has 0 amide bonds. The summed E-state index contributed by atoms with van der Waals surface area (Å²) in [6.07, 6.45) is 6.22. The summed E-state index contributed by atoms with van der Waals surface area (Å²) in [5.41, 5.74) is 2.70. The van der Waals surface area contributed by atoms with Crippen molar-refractivity contribution in [3.63, 3.8) is 0 Å². The molecule has 1 atom stereocenters. The molecule has 0 saturated carbocycles. The van der Waals surface area contributed by atoms with Crippen LogP contribution in [0.1, 0.15) is 40.0 Å². The third kappa shape index (κ3) is 6.56. The molecule has 0 aliphatic carbocycles. The first kappa shape index (κ1) is 18.4. The van der Waals surface area contributed by atoms with Crippen LogP contribution < -0.4 is 4.90 Å². The highest BCUT2D eigenvalue weighted by Gasteiger charge is 2.17. The van der Waals surface area contributed by atoms with Crippen molar-refractivity contribution >= 4 is 17.3 Å². The quantitative estimate of drug-likeness (QED) is 0.629. The third-order valence-corrected chi connectivity index (χ3v) is 4.93. The molecule has 1 aromatic rings. The SMILES string of the molecule is CC(C)=CCCC(C)CCN1CCN(c2cccc(Cl)c2)CC1. The van der Waals surface area contributed by atoms with E-state index in [2.05, 4.69) is 48.8 Å². The molecular weight excluding hydrogens is 304 g/mol. The zero-order valence-corrected chi connectivity index (χ0v) is 15.6. The molecule has 1 unspecified atom stereocenters. The first-order valence-corrected chi connectivity index (χ1v) is 9.28. The predicted molar refractivity (Wildman–Crippen MR) is 103 cm³/mol. The topological polar surface area (TPSA) is 6.48 Å². The highest BCUT2D eigenvalue weighted by Crippen LogP contribution is 2.21. The number of rotatable bonds is 7. The molecule has 2 nitrogen and oxygen atoms in total. The summed E-state index contributed by atoms with van der Waals surface area (Å²) in [6.45, 7) is 12.5. The lowest BCUT2D eigenvalue weighted by Crippen LogP contribution is -2.46. The van der Waals surface area contributed by atoms with E-state index >= 15 is 0 Å². The number of anilines is 1. The molecule has 3 heteroatoms. The van der Waals surface area contributed by atoms with Crippen LogP contribution in [-0.4, -0.2) is 37.6 Å². The lowest BCUT2D eigenvalue weighted by atomic mass is 10.0. The molecule has 0 aromatic heterocycles. The summed E-state index contributed by atoms with van der Waals surface area (Å²) in [6, 6.07) is 8.21. The second kappa shape index (κ2) is 9.34. The van der Waals surface area contributed by atoms with Crippen LogP contribution >= 0.6 is 11.6 Å². The number of hydrogen-bond acceptors (Lipinski definition) is 2. The van der Waals surface area contributed by atoms with E-state index in [4.69, 9.17) is 11.6 Å². The molecule has 0 spiro atoms. The van der Waals surface area contributed by atoms with Crippen LogP contribution in [0.3, 0.4) is 0 Å². The molecule has 1 aromatic carbocycles. The maximum absolute atomic E-state index is 6.10. The minimum absolute atomic E-state index is 0.816. The molecule has 128 valence electrons. The normalized spacial score (nSPS) is 17.1. The number of allylic oxidation sites excluding steroid dienone is 2. The van der Waals surface area contributed by atoms with Gasteiger partial charge in [0.05, 0.1) is 0 Å². The number of benzene rings is 1. The van der Waals surface area contributed by atoms with Crippen molar-refractivity contribution in [2.24, 2.45) is 5.92 Å². The van der Waals surface area contributed by atoms with Gasteiger partial charge in [-0.05, 0) is 63.8 Å². The van der Waals surface area contributed by atoms with Gasteiger partial charge in [-0.25, -0.2) is 0 Å². The fraction of sp³-hybridized carbons (Fsp3) is 0.600. The standard InChI is InChI=1S/C20H31ClN2/c1-17(2)6-4-7-18(3)10-11-22-12-14-23(15-13-22)20-9-5-8-19(21)16-20/h5-6,8-9,16,18H,4,7,10-15H2,1-3H3. The van der Waals surface area contributed by atoms with E-state index in [9.17, 15) is 0 Å². The lowest BCUT2D eigenvalue weighted by Gasteiger charge is -2.36. The van der Waals surface area contributed by atoms with E-state index < -0.39 is 0 Å².